The van der Waals surface area contributed by atoms with Crippen LogP contribution in [0.15, 0.2) is 60.7 Å². The van der Waals surface area contributed by atoms with Gasteiger partial charge in [0.05, 0.1) is 6.54 Å². The molecule has 0 fully saturated rings. The van der Waals surface area contributed by atoms with E-state index in [1.807, 2.05) is 24.3 Å². The molecule has 0 amide bonds. The molecule has 1 heterocycles. The average molecular weight is 440 g/mol. The molecule has 0 aliphatic rings. The summed E-state index contributed by atoms with van der Waals surface area (Å²) in [6.07, 6.45) is -0.536. The zero-order valence-electron chi connectivity index (χ0n) is 18.8. The highest BCUT2D eigenvalue weighted by molar-refractivity contribution is 5.72. The molecule has 170 valence electrons. The Bertz CT molecular complexity index is 1010. The first-order valence-corrected chi connectivity index (χ1v) is 10.9. The minimum atomic E-state index is -0.961. The molecule has 3 rings (SSSR count). The summed E-state index contributed by atoms with van der Waals surface area (Å²) in [6, 6.07) is 18.1. The van der Waals surface area contributed by atoms with Crippen molar-refractivity contribution >= 4 is 5.97 Å². The number of halogens is 1. The molecule has 0 unspecified atom stereocenters. The molecule has 0 saturated carbocycles. The van der Waals surface area contributed by atoms with Gasteiger partial charge in [-0.25, -0.2) is 9.18 Å². The molecular weight excluding hydrogens is 409 g/mol. The van der Waals surface area contributed by atoms with Crippen LogP contribution >= 0.6 is 0 Å². The van der Waals surface area contributed by atoms with Crippen LogP contribution in [0.1, 0.15) is 37.9 Å². The summed E-state index contributed by atoms with van der Waals surface area (Å²) in [5.74, 6) is -0.148. The van der Waals surface area contributed by atoms with E-state index in [0.717, 1.165) is 22.6 Å². The lowest BCUT2D eigenvalue weighted by Crippen LogP contribution is -2.26. The number of carboxylic acid groups (broad SMARTS) is 1. The number of aromatic nitrogens is 1. The van der Waals surface area contributed by atoms with Gasteiger partial charge in [0.2, 0.25) is 0 Å². The normalized spacial score (nSPS) is 12.2. The zero-order chi connectivity index (χ0) is 23.1. The maximum Gasteiger partial charge on any atom is 0.333 e. The molecule has 2 aromatic carbocycles. The summed E-state index contributed by atoms with van der Waals surface area (Å²) >= 11 is 0. The molecule has 3 aromatic rings. The molecule has 0 spiro atoms. The number of carbonyl (C=O) groups is 1. The van der Waals surface area contributed by atoms with Gasteiger partial charge in [-0.1, -0.05) is 26.0 Å². The van der Waals surface area contributed by atoms with Crippen molar-refractivity contribution in [3.05, 3.63) is 77.7 Å². The second kappa shape index (κ2) is 11.0. The van der Waals surface area contributed by atoms with Crippen molar-refractivity contribution in [2.45, 2.75) is 45.8 Å². The van der Waals surface area contributed by atoms with Gasteiger partial charge in [0, 0.05) is 24.4 Å². The Morgan fingerprint density at radius 3 is 2.31 bits per heavy atom. The van der Waals surface area contributed by atoms with E-state index < -0.39 is 12.1 Å². The van der Waals surface area contributed by atoms with Crippen LogP contribution in [0.3, 0.4) is 0 Å². The van der Waals surface area contributed by atoms with Gasteiger partial charge in [0.25, 0.3) is 0 Å². The topological polar surface area (TPSA) is 60.7 Å². The fraction of sp³-hybridized carbons (Fsp3) is 0.346. The molecule has 0 aliphatic carbocycles. The van der Waals surface area contributed by atoms with Crippen molar-refractivity contribution in [1.29, 1.82) is 0 Å². The van der Waals surface area contributed by atoms with Crippen molar-refractivity contribution in [1.82, 2.24) is 4.57 Å². The Morgan fingerprint density at radius 1 is 1.03 bits per heavy atom. The first kappa shape index (κ1) is 23.5. The van der Waals surface area contributed by atoms with E-state index in [2.05, 4.69) is 30.5 Å². The van der Waals surface area contributed by atoms with Crippen LogP contribution in [-0.4, -0.2) is 35.0 Å². The zero-order valence-corrected chi connectivity index (χ0v) is 18.8. The summed E-state index contributed by atoms with van der Waals surface area (Å²) in [5, 5.41) is 9.24. The predicted octanol–water partition coefficient (Wildman–Crippen LogP) is 5.53. The number of nitrogens with zero attached hydrogens (tertiary/aromatic N) is 1. The standard InChI is InChI=1S/C26H30FNO4/c1-4-31-25(26(29)30)17-19-5-11-22(12-6-19)32-16-15-28-23(18(2)3)13-14-24(28)20-7-9-21(27)10-8-20/h5-14,18,25H,4,15-17H2,1-3H3,(H,29,30)/t25-/m0/s1. The van der Waals surface area contributed by atoms with E-state index in [1.165, 1.54) is 17.8 Å². The fourth-order valence-corrected chi connectivity index (χ4v) is 3.72. The lowest BCUT2D eigenvalue weighted by molar-refractivity contribution is -0.149. The van der Waals surface area contributed by atoms with Gasteiger partial charge >= 0.3 is 5.97 Å². The van der Waals surface area contributed by atoms with E-state index in [0.29, 0.717) is 32.1 Å². The Balaban J connectivity index is 1.65. The second-order valence-corrected chi connectivity index (χ2v) is 7.94. The maximum absolute atomic E-state index is 13.3. The predicted molar refractivity (Wildman–Crippen MR) is 123 cm³/mol. The van der Waals surface area contributed by atoms with Crippen LogP contribution in [0.25, 0.3) is 11.3 Å². The van der Waals surface area contributed by atoms with Gasteiger partial charge in [-0.05, 0) is 72.5 Å². The number of aliphatic carboxylic acids is 1. The van der Waals surface area contributed by atoms with Gasteiger partial charge < -0.3 is 19.1 Å². The highest BCUT2D eigenvalue weighted by atomic mass is 19.1. The number of hydrogen-bond acceptors (Lipinski definition) is 3. The molecule has 0 saturated heterocycles. The molecule has 0 bridgehead atoms. The van der Waals surface area contributed by atoms with E-state index >= 15 is 0 Å². The van der Waals surface area contributed by atoms with E-state index in [-0.39, 0.29) is 5.82 Å². The Labute approximate surface area is 188 Å². The first-order valence-electron chi connectivity index (χ1n) is 10.9. The number of rotatable bonds is 11. The minimum Gasteiger partial charge on any atom is -0.492 e. The van der Waals surface area contributed by atoms with Gasteiger partial charge in [0.15, 0.2) is 6.10 Å². The van der Waals surface area contributed by atoms with E-state index in [4.69, 9.17) is 9.47 Å². The largest absolute Gasteiger partial charge is 0.492 e. The van der Waals surface area contributed by atoms with Crippen LogP contribution in [0.5, 0.6) is 5.75 Å². The highest BCUT2D eigenvalue weighted by Gasteiger charge is 2.18. The molecule has 5 nitrogen and oxygen atoms in total. The molecule has 0 radical (unpaired) electrons. The summed E-state index contributed by atoms with van der Waals surface area (Å²) in [4.78, 5) is 11.3. The van der Waals surface area contributed by atoms with Crippen LogP contribution < -0.4 is 4.74 Å². The summed E-state index contributed by atoms with van der Waals surface area (Å²) in [5.41, 5.74) is 4.07. The summed E-state index contributed by atoms with van der Waals surface area (Å²) in [7, 11) is 0. The van der Waals surface area contributed by atoms with Gasteiger partial charge in [-0.3, -0.25) is 0 Å². The maximum atomic E-state index is 13.3. The molecule has 1 N–H and O–H groups in total. The fourth-order valence-electron chi connectivity index (χ4n) is 3.72. The Kier molecular flexibility index (Phi) is 8.06. The molecule has 0 aliphatic heterocycles. The van der Waals surface area contributed by atoms with Crippen LogP contribution in [0, 0.1) is 5.82 Å². The number of ether oxygens (including phenoxy) is 2. The number of carboxylic acids is 1. The van der Waals surface area contributed by atoms with Gasteiger partial charge in [-0.2, -0.15) is 0 Å². The quantitative estimate of drug-likeness (QED) is 0.427. The molecule has 1 atom stereocenters. The van der Waals surface area contributed by atoms with Crippen LogP contribution in [0.2, 0.25) is 0 Å². The highest BCUT2D eigenvalue weighted by Crippen LogP contribution is 2.27. The molecular formula is C26H30FNO4. The third-order valence-electron chi connectivity index (χ3n) is 5.32. The average Bonchev–Trinajstić information content (AvgIpc) is 3.19. The van der Waals surface area contributed by atoms with E-state index in [1.54, 1.807) is 19.1 Å². The van der Waals surface area contributed by atoms with E-state index in [9.17, 15) is 14.3 Å². The van der Waals surface area contributed by atoms with Crippen molar-refractivity contribution in [3.8, 4) is 17.0 Å². The SMILES string of the molecule is CCO[C@@H](Cc1ccc(OCCn2c(-c3ccc(F)cc3)ccc2C(C)C)cc1)C(=O)O. The Hall–Kier alpha value is -3.12. The lowest BCUT2D eigenvalue weighted by Gasteiger charge is -2.17. The van der Waals surface area contributed by atoms with Gasteiger partial charge in [0.1, 0.15) is 18.2 Å². The van der Waals surface area contributed by atoms with Crippen molar-refractivity contribution in [2.24, 2.45) is 0 Å². The van der Waals surface area contributed by atoms with Crippen molar-refractivity contribution in [3.63, 3.8) is 0 Å². The first-order chi connectivity index (χ1) is 15.4. The third kappa shape index (κ3) is 5.98. The molecule has 6 heteroatoms. The molecule has 32 heavy (non-hydrogen) atoms. The number of hydrogen-bond donors (Lipinski definition) is 1. The van der Waals surface area contributed by atoms with Crippen molar-refractivity contribution < 1.29 is 23.8 Å². The summed E-state index contributed by atoms with van der Waals surface area (Å²) in [6.45, 7) is 7.55. The monoisotopic (exact) mass is 439 g/mol. The second-order valence-electron chi connectivity index (χ2n) is 7.94. The summed E-state index contributed by atoms with van der Waals surface area (Å²) < 4.78 is 26.8. The smallest absolute Gasteiger partial charge is 0.333 e. The van der Waals surface area contributed by atoms with Crippen LogP contribution in [0.4, 0.5) is 4.39 Å². The van der Waals surface area contributed by atoms with Crippen molar-refractivity contribution in [2.75, 3.05) is 13.2 Å². The van der Waals surface area contributed by atoms with Crippen LogP contribution in [-0.2, 0) is 22.5 Å². The van der Waals surface area contributed by atoms with Gasteiger partial charge in [-0.15, -0.1) is 0 Å². The molecule has 1 aromatic heterocycles. The number of benzene rings is 2. The minimum absolute atomic E-state index is 0.251. The lowest BCUT2D eigenvalue weighted by atomic mass is 10.1. The third-order valence-corrected chi connectivity index (χ3v) is 5.32. The Morgan fingerprint density at radius 2 is 1.72 bits per heavy atom.